The van der Waals surface area contributed by atoms with E-state index in [0.717, 1.165) is 10.9 Å². The lowest BCUT2D eigenvalue weighted by atomic mass is 10.1. The normalized spacial score (nSPS) is 10.8. The number of phenolic OH excluding ortho intramolecular Hbond substituents is 1. The second kappa shape index (κ2) is 2.53. The van der Waals surface area contributed by atoms with Crippen LogP contribution < -0.4 is 0 Å². The van der Waals surface area contributed by atoms with Gasteiger partial charge in [-0.25, -0.2) is 0 Å². The molecule has 0 saturated heterocycles. The Morgan fingerprint density at radius 1 is 1.33 bits per heavy atom. The van der Waals surface area contributed by atoms with Gasteiger partial charge in [-0.1, -0.05) is 0 Å². The third-order valence-corrected chi connectivity index (χ3v) is 1.89. The van der Waals surface area contributed by atoms with E-state index in [1.54, 1.807) is 18.3 Å². The number of benzene rings is 1. The number of aromatic amines is 1. The van der Waals surface area contributed by atoms with Crippen LogP contribution in [0.4, 0.5) is 0 Å². The molecule has 0 aliphatic heterocycles. The maximum Gasteiger partial charge on any atom is 0.125 e. The Kier molecular flexibility index (Phi) is 1.52. The Morgan fingerprint density at radius 3 is 2.92 bits per heavy atom. The Hall–Kier alpha value is -1.48. The van der Waals surface area contributed by atoms with Gasteiger partial charge >= 0.3 is 0 Å². The Bertz CT molecular complexity index is 406. The van der Waals surface area contributed by atoms with Crippen molar-refractivity contribution in [1.29, 1.82) is 0 Å². The van der Waals surface area contributed by atoms with Crippen LogP contribution in [0.2, 0.25) is 0 Å². The van der Waals surface area contributed by atoms with Crippen molar-refractivity contribution in [1.82, 2.24) is 4.98 Å². The lowest BCUT2D eigenvalue weighted by molar-refractivity contribution is 0.281. The van der Waals surface area contributed by atoms with Gasteiger partial charge in [0.15, 0.2) is 0 Å². The molecule has 0 fully saturated rings. The lowest BCUT2D eigenvalue weighted by Gasteiger charge is -1.98. The molecule has 0 amide bonds. The number of fused-ring (bicyclic) bond motifs is 1. The number of rotatable bonds is 1. The molecule has 0 atom stereocenters. The topological polar surface area (TPSA) is 56.2 Å². The van der Waals surface area contributed by atoms with E-state index in [0.29, 0.717) is 5.56 Å². The zero-order valence-electron chi connectivity index (χ0n) is 6.41. The highest BCUT2D eigenvalue weighted by molar-refractivity contribution is 5.86. The summed E-state index contributed by atoms with van der Waals surface area (Å²) < 4.78 is 0. The van der Waals surface area contributed by atoms with Gasteiger partial charge in [0.25, 0.3) is 0 Å². The van der Waals surface area contributed by atoms with Gasteiger partial charge in [-0.3, -0.25) is 0 Å². The fourth-order valence-corrected chi connectivity index (χ4v) is 1.30. The fourth-order valence-electron chi connectivity index (χ4n) is 1.30. The molecule has 0 aliphatic carbocycles. The third-order valence-electron chi connectivity index (χ3n) is 1.89. The first-order valence-corrected chi connectivity index (χ1v) is 3.71. The zero-order chi connectivity index (χ0) is 8.55. The van der Waals surface area contributed by atoms with E-state index in [-0.39, 0.29) is 12.4 Å². The number of phenols is 1. The monoisotopic (exact) mass is 163 g/mol. The second-order valence-corrected chi connectivity index (χ2v) is 2.71. The number of aliphatic hydroxyl groups excluding tert-OH is 1. The van der Waals surface area contributed by atoms with Crippen molar-refractivity contribution in [3.8, 4) is 5.75 Å². The van der Waals surface area contributed by atoms with Crippen LogP contribution in [0.3, 0.4) is 0 Å². The van der Waals surface area contributed by atoms with Crippen LogP contribution in [0.25, 0.3) is 10.9 Å². The minimum atomic E-state index is -0.0531. The van der Waals surface area contributed by atoms with Crippen molar-refractivity contribution < 1.29 is 10.2 Å². The number of hydrogen-bond acceptors (Lipinski definition) is 2. The molecule has 0 aliphatic rings. The van der Waals surface area contributed by atoms with Crippen molar-refractivity contribution in [2.75, 3.05) is 0 Å². The minimum Gasteiger partial charge on any atom is -0.507 e. The van der Waals surface area contributed by atoms with Crippen LogP contribution >= 0.6 is 0 Å². The van der Waals surface area contributed by atoms with Gasteiger partial charge in [0.1, 0.15) is 5.75 Å². The maximum absolute atomic E-state index is 9.44. The Balaban J connectivity index is 2.75. The van der Waals surface area contributed by atoms with Crippen molar-refractivity contribution in [3.05, 3.63) is 30.0 Å². The van der Waals surface area contributed by atoms with Gasteiger partial charge in [-0.15, -0.1) is 0 Å². The van der Waals surface area contributed by atoms with Crippen LogP contribution in [0.15, 0.2) is 24.4 Å². The van der Waals surface area contributed by atoms with E-state index >= 15 is 0 Å². The van der Waals surface area contributed by atoms with Crippen molar-refractivity contribution in [3.63, 3.8) is 0 Å². The molecule has 62 valence electrons. The molecule has 1 heterocycles. The first kappa shape index (κ1) is 7.18. The highest BCUT2D eigenvalue weighted by Crippen LogP contribution is 2.25. The van der Waals surface area contributed by atoms with E-state index in [9.17, 15) is 5.11 Å². The van der Waals surface area contributed by atoms with Gasteiger partial charge in [0.05, 0.1) is 6.61 Å². The molecule has 0 radical (unpaired) electrons. The van der Waals surface area contributed by atoms with Gasteiger partial charge in [0.2, 0.25) is 0 Å². The maximum atomic E-state index is 9.44. The van der Waals surface area contributed by atoms with Crippen LogP contribution in [-0.4, -0.2) is 15.2 Å². The smallest absolute Gasteiger partial charge is 0.125 e. The van der Waals surface area contributed by atoms with Crippen molar-refractivity contribution >= 4 is 10.9 Å². The summed E-state index contributed by atoms with van der Waals surface area (Å²) in [5.41, 5.74) is 1.56. The highest BCUT2D eigenvalue weighted by Gasteiger charge is 2.02. The average Bonchev–Trinajstić information content (AvgIpc) is 2.52. The average molecular weight is 163 g/mol. The highest BCUT2D eigenvalue weighted by atomic mass is 16.3. The molecule has 12 heavy (non-hydrogen) atoms. The van der Waals surface area contributed by atoms with E-state index in [2.05, 4.69) is 4.98 Å². The first-order chi connectivity index (χ1) is 5.81. The number of aliphatic hydroxyl groups is 1. The summed E-state index contributed by atoms with van der Waals surface area (Å²) >= 11 is 0. The summed E-state index contributed by atoms with van der Waals surface area (Å²) in [6, 6.07) is 5.18. The van der Waals surface area contributed by atoms with Crippen LogP contribution in [-0.2, 0) is 6.61 Å². The van der Waals surface area contributed by atoms with Gasteiger partial charge in [0, 0.05) is 17.1 Å². The molecular weight excluding hydrogens is 154 g/mol. The first-order valence-electron chi connectivity index (χ1n) is 3.71. The standard InChI is InChI=1S/C9H9NO2/c11-5-6-3-8-7(1-2-10-8)9(12)4-6/h1-4,10-12H,5H2. The minimum absolute atomic E-state index is 0.0531. The van der Waals surface area contributed by atoms with Gasteiger partial charge in [-0.2, -0.15) is 0 Å². The number of H-pyrrole nitrogens is 1. The summed E-state index contributed by atoms with van der Waals surface area (Å²) in [7, 11) is 0. The molecule has 3 nitrogen and oxygen atoms in total. The van der Waals surface area contributed by atoms with E-state index < -0.39 is 0 Å². The summed E-state index contributed by atoms with van der Waals surface area (Å²) in [5, 5.41) is 19.1. The molecule has 3 N–H and O–H groups in total. The van der Waals surface area contributed by atoms with Crippen LogP contribution in [0, 0.1) is 0 Å². The molecule has 0 spiro atoms. The van der Waals surface area contributed by atoms with Crippen molar-refractivity contribution in [2.24, 2.45) is 0 Å². The summed E-state index contributed by atoms with van der Waals surface area (Å²) in [6.45, 7) is -0.0531. The molecule has 1 aromatic heterocycles. The molecule has 3 heteroatoms. The van der Waals surface area contributed by atoms with Gasteiger partial charge < -0.3 is 15.2 Å². The number of aromatic hydroxyl groups is 1. The molecule has 0 bridgehead atoms. The van der Waals surface area contributed by atoms with Crippen molar-refractivity contribution in [2.45, 2.75) is 6.61 Å². The summed E-state index contributed by atoms with van der Waals surface area (Å²) in [4.78, 5) is 2.96. The molecule has 0 unspecified atom stereocenters. The summed E-state index contributed by atoms with van der Waals surface area (Å²) in [6.07, 6.45) is 1.76. The fraction of sp³-hybridized carbons (Fsp3) is 0.111. The van der Waals surface area contributed by atoms with E-state index in [1.165, 1.54) is 0 Å². The molecule has 1 aromatic carbocycles. The molecule has 2 rings (SSSR count). The predicted molar refractivity (Wildman–Crippen MR) is 45.9 cm³/mol. The zero-order valence-corrected chi connectivity index (χ0v) is 6.41. The van der Waals surface area contributed by atoms with Crippen LogP contribution in [0.1, 0.15) is 5.56 Å². The lowest BCUT2D eigenvalue weighted by Crippen LogP contribution is -1.82. The van der Waals surface area contributed by atoms with Crippen LogP contribution in [0.5, 0.6) is 5.75 Å². The van der Waals surface area contributed by atoms with Gasteiger partial charge in [-0.05, 0) is 23.8 Å². The predicted octanol–water partition coefficient (Wildman–Crippen LogP) is 1.37. The largest absolute Gasteiger partial charge is 0.507 e. The third kappa shape index (κ3) is 0.950. The quantitative estimate of drug-likeness (QED) is 0.594. The van der Waals surface area contributed by atoms with E-state index in [4.69, 9.17) is 5.11 Å². The van der Waals surface area contributed by atoms with E-state index in [1.807, 2.05) is 6.07 Å². The number of hydrogen-bond donors (Lipinski definition) is 3. The molecular formula is C9H9NO2. The number of aromatic nitrogens is 1. The number of nitrogens with one attached hydrogen (secondary N) is 1. The Morgan fingerprint density at radius 2 is 2.17 bits per heavy atom. The SMILES string of the molecule is OCc1cc(O)c2cc[nH]c2c1. The second-order valence-electron chi connectivity index (χ2n) is 2.71. The Labute approximate surface area is 69.3 Å². The molecule has 0 saturated carbocycles. The molecule has 2 aromatic rings. The summed E-state index contributed by atoms with van der Waals surface area (Å²) in [5.74, 6) is 0.206.